The number of carbonyl (C=O) groups excluding carboxylic acids is 4. The lowest BCUT2D eigenvalue weighted by molar-refractivity contribution is -0.147. The van der Waals surface area contributed by atoms with Gasteiger partial charge in [-0.25, -0.2) is 0 Å². The Morgan fingerprint density at radius 1 is 0.597 bits per heavy atom. The molecule has 4 aliphatic carbocycles. The molecule has 0 spiro atoms. The number of allylic oxidation sites excluding steroid dienone is 2. The number of aromatic nitrogens is 2. The first-order chi connectivity index (χ1) is 30.1. The standard InChI is InChI=1S/2C24H31N3O4/c2*1-2-5-14-10-11-19-20-17(12-26(19)23(14)30)18(13-28)21(22(29)25-16-8-4-9-16)27(20)24(31)15-6-3-7-15/h2*2,5,10-11,15-18,20-21,28H,3-4,6-9,12-13H2,1H3,(H,25,29)/b5-2+;5-2-/t2*17-,18-,20+,21-/m11/s1. The molecule has 0 radical (unpaired) electrons. The van der Waals surface area contributed by atoms with Gasteiger partial charge in [-0.1, -0.05) is 37.1 Å². The summed E-state index contributed by atoms with van der Waals surface area (Å²) in [5.41, 5.74) is 2.65. The topological polar surface area (TPSA) is 183 Å². The van der Waals surface area contributed by atoms with E-state index in [0.717, 1.165) is 88.4 Å². The van der Waals surface area contributed by atoms with E-state index in [1.807, 2.05) is 38.1 Å². The molecule has 62 heavy (non-hydrogen) atoms. The van der Waals surface area contributed by atoms with Gasteiger partial charge in [-0.2, -0.15) is 0 Å². The lowest BCUT2D eigenvalue weighted by Crippen LogP contribution is -2.55. The summed E-state index contributed by atoms with van der Waals surface area (Å²) >= 11 is 0. The third-order valence-electron chi connectivity index (χ3n) is 15.8. The lowest BCUT2D eigenvalue weighted by Gasteiger charge is -2.37. The zero-order valence-electron chi connectivity index (χ0n) is 36.0. The Labute approximate surface area is 362 Å². The molecule has 0 unspecified atom stereocenters. The minimum Gasteiger partial charge on any atom is -0.396 e. The van der Waals surface area contributed by atoms with Crippen LogP contribution in [-0.4, -0.2) is 90.2 Å². The maximum absolute atomic E-state index is 13.5. The first-order valence-corrected chi connectivity index (χ1v) is 23.3. The fourth-order valence-corrected chi connectivity index (χ4v) is 11.5. The molecule has 4 aliphatic heterocycles. The Balaban J connectivity index is 0.000000158. The first-order valence-electron chi connectivity index (χ1n) is 23.3. The van der Waals surface area contributed by atoms with Crippen LogP contribution in [0.1, 0.15) is 125 Å². The quantitative estimate of drug-likeness (QED) is 0.279. The highest BCUT2D eigenvalue weighted by molar-refractivity contribution is 5.91. The molecule has 6 heterocycles. The number of nitrogens with zero attached hydrogens (tertiary/aromatic N) is 4. The number of fused-ring (bicyclic) bond motifs is 6. The molecular weight excluding hydrogens is 789 g/mol. The molecule has 4 N–H and O–H groups in total. The molecular formula is C48H62N6O8. The third kappa shape index (κ3) is 7.09. The van der Waals surface area contributed by atoms with Crippen LogP contribution < -0.4 is 21.8 Å². The summed E-state index contributed by atoms with van der Waals surface area (Å²) in [6.45, 7) is 4.25. The van der Waals surface area contributed by atoms with Crippen LogP contribution in [0.15, 0.2) is 46.0 Å². The van der Waals surface area contributed by atoms with E-state index in [1.54, 1.807) is 43.2 Å². The van der Waals surface area contributed by atoms with Gasteiger partial charge in [0.2, 0.25) is 23.6 Å². The highest BCUT2D eigenvalue weighted by atomic mass is 16.3. The molecule has 14 heteroatoms. The van der Waals surface area contributed by atoms with E-state index in [9.17, 15) is 39.0 Å². The van der Waals surface area contributed by atoms with Crippen molar-refractivity contribution in [3.8, 4) is 0 Å². The summed E-state index contributed by atoms with van der Waals surface area (Å²) in [5.74, 6) is -1.43. The fourth-order valence-electron chi connectivity index (χ4n) is 11.5. The second kappa shape index (κ2) is 17.4. The maximum atomic E-state index is 13.5. The van der Waals surface area contributed by atoms with E-state index < -0.39 is 12.1 Å². The molecule has 4 amide bonds. The molecule has 2 aromatic heterocycles. The van der Waals surface area contributed by atoms with Crippen LogP contribution in [0.2, 0.25) is 0 Å². The molecule has 0 bridgehead atoms. The molecule has 10 rings (SSSR count). The molecule has 0 aromatic carbocycles. The zero-order chi connectivity index (χ0) is 43.4. The molecule has 2 aromatic rings. The van der Waals surface area contributed by atoms with Gasteiger partial charge >= 0.3 is 0 Å². The second-order valence-corrected chi connectivity index (χ2v) is 19.1. The van der Waals surface area contributed by atoms with Gasteiger partial charge in [0.15, 0.2) is 0 Å². The van der Waals surface area contributed by atoms with Crippen molar-refractivity contribution in [1.82, 2.24) is 29.6 Å². The van der Waals surface area contributed by atoms with Crippen LogP contribution in [0.25, 0.3) is 12.2 Å². The van der Waals surface area contributed by atoms with Crippen LogP contribution in [0, 0.1) is 35.5 Å². The predicted molar refractivity (Wildman–Crippen MR) is 232 cm³/mol. The Morgan fingerprint density at radius 3 is 1.26 bits per heavy atom. The van der Waals surface area contributed by atoms with Gasteiger partial charge < -0.3 is 39.8 Å². The Hall–Kier alpha value is -4.82. The van der Waals surface area contributed by atoms with Crippen molar-refractivity contribution in [2.24, 2.45) is 35.5 Å². The van der Waals surface area contributed by atoms with Gasteiger partial charge in [0.25, 0.3) is 11.1 Å². The molecule has 14 nitrogen and oxygen atoms in total. The maximum Gasteiger partial charge on any atom is 0.258 e. The van der Waals surface area contributed by atoms with Crippen LogP contribution >= 0.6 is 0 Å². The van der Waals surface area contributed by atoms with Crippen molar-refractivity contribution in [3.63, 3.8) is 0 Å². The summed E-state index contributed by atoms with van der Waals surface area (Å²) in [7, 11) is 0. The Bertz CT molecular complexity index is 2110. The summed E-state index contributed by atoms with van der Waals surface area (Å²) < 4.78 is 3.49. The molecule has 8 atom stereocenters. The minimum atomic E-state index is -0.673. The normalized spacial score (nSPS) is 30.1. The summed E-state index contributed by atoms with van der Waals surface area (Å²) in [5, 5.41) is 26.9. The van der Waals surface area contributed by atoms with E-state index >= 15 is 0 Å². The lowest BCUT2D eigenvalue weighted by atomic mass is 9.83. The number of nitrogens with one attached hydrogen (secondary N) is 2. The zero-order valence-corrected chi connectivity index (χ0v) is 36.0. The first kappa shape index (κ1) is 42.5. The van der Waals surface area contributed by atoms with Crippen molar-refractivity contribution in [3.05, 3.63) is 79.6 Å². The van der Waals surface area contributed by atoms with Crippen molar-refractivity contribution in [2.45, 2.75) is 140 Å². The van der Waals surface area contributed by atoms with E-state index in [2.05, 4.69) is 10.6 Å². The van der Waals surface area contributed by atoms with Gasteiger partial charge in [0, 0.05) is 96.4 Å². The minimum absolute atomic E-state index is 0.00406. The van der Waals surface area contributed by atoms with Gasteiger partial charge in [0.1, 0.15) is 12.1 Å². The van der Waals surface area contributed by atoms with Crippen molar-refractivity contribution in [1.29, 1.82) is 0 Å². The monoisotopic (exact) mass is 850 g/mol. The highest BCUT2D eigenvalue weighted by Crippen LogP contribution is 2.52. The van der Waals surface area contributed by atoms with Crippen molar-refractivity contribution in [2.75, 3.05) is 13.2 Å². The largest absolute Gasteiger partial charge is 0.396 e. The van der Waals surface area contributed by atoms with E-state index in [0.29, 0.717) is 24.2 Å². The number of hydrogen-bond donors (Lipinski definition) is 4. The van der Waals surface area contributed by atoms with E-state index in [4.69, 9.17) is 0 Å². The van der Waals surface area contributed by atoms with Gasteiger partial charge in [-0.3, -0.25) is 28.8 Å². The molecule has 332 valence electrons. The highest BCUT2D eigenvalue weighted by Gasteiger charge is 2.60. The predicted octanol–water partition coefficient (Wildman–Crippen LogP) is 3.68. The third-order valence-corrected chi connectivity index (χ3v) is 15.8. The second-order valence-electron chi connectivity index (χ2n) is 19.1. The number of hydrogen-bond acceptors (Lipinski definition) is 8. The fraction of sp³-hybridized carbons (Fsp3) is 0.625. The molecule has 8 aliphatic rings. The average Bonchev–Trinajstić information content (AvgIpc) is 3.92. The number of likely N-dealkylation sites (tertiary alicyclic amines) is 2. The SMILES string of the molecule is C/C=C/c1ccc2n(c1=O)C[C@@H]1[C@@H](CO)[C@H](C(=O)NC3CCC3)N(C(=O)C3CCC3)[C@H]21.C/C=C\c1ccc2n(c1=O)C[C@@H]1[C@@H](CO)[C@H](C(=O)NC3CCC3)N(C(=O)C3CCC3)[C@H]21. The molecule has 2 saturated heterocycles. The molecule has 4 saturated carbocycles. The van der Waals surface area contributed by atoms with Gasteiger partial charge in [-0.05, 0) is 102 Å². The smallest absolute Gasteiger partial charge is 0.258 e. The Kier molecular flexibility index (Phi) is 11.9. The number of amides is 4. The number of carbonyl (C=O) groups is 4. The van der Waals surface area contributed by atoms with Gasteiger partial charge in [-0.15, -0.1) is 0 Å². The molecule has 6 fully saturated rings. The van der Waals surface area contributed by atoms with Crippen LogP contribution in [0.4, 0.5) is 0 Å². The number of aliphatic hydroxyl groups excluding tert-OH is 2. The number of pyridine rings is 2. The summed E-state index contributed by atoms with van der Waals surface area (Å²) in [4.78, 5) is 83.3. The van der Waals surface area contributed by atoms with Crippen molar-refractivity contribution >= 4 is 35.8 Å². The van der Waals surface area contributed by atoms with Crippen LogP contribution in [0.5, 0.6) is 0 Å². The Morgan fingerprint density at radius 2 is 0.968 bits per heavy atom. The number of aliphatic hydroxyl groups is 2. The van der Waals surface area contributed by atoms with Crippen LogP contribution in [0.3, 0.4) is 0 Å². The summed E-state index contributed by atoms with van der Waals surface area (Å²) in [6, 6.07) is 5.77. The average molecular weight is 851 g/mol. The van der Waals surface area contributed by atoms with E-state index in [1.165, 1.54) is 0 Å². The number of rotatable bonds is 10. The van der Waals surface area contributed by atoms with Crippen LogP contribution in [-0.2, 0) is 32.3 Å². The van der Waals surface area contributed by atoms with Crippen molar-refractivity contribution < 1.29 is 29.4 Å². The van der Waals surface area contributed by atoms with Gasteiger partial charge in [0.05, 0.1) is 12.1 Å². The van der Waals surface area contributed by atoms with E-state index in [-0.39, 0.29) is 108 Å². The summed E-state index contributed by atoms with van der Waals surface area (Å²) in [6.07, 6.45) is 18.8.